The third-order valence-corrected chi connectivity index (χ3v) is 4.04. The molecule has 1 aliphatic rings. The van der Waals surface area contributed by atoms with Crippen molar-refractivity contribution in [3.05, 3.63) is 68.0 Å². The van der Waals surface area contributed by atoms with Gasteiger partial charge in [0, 0.05) is 28.7 Å². The second kappa shape index (κ2) is 4.39. The van der Waals surface area contributed by atoms with E-state index in [0.717, 1.165) is 23.0 Å². The number of benzene rings is 1. The molecule has 1 aliphatic carbocycles. The van der Waals surface area contributed by atoms with Gasteiger partial charge in [-0.2, -0.15) is 0 Å². The molecule has 1 atom stereocenters. The molecule has 3 rings (SSSR count). The maximum absolute atomic E-state index is 12.1. The Morgan fingerprint density at radius 2 is 2.17 bits per heavy atom. The lowest BCUT2D eigenvalue weighted by Crippen LogP contribution is -2.29. The zero-order valence-electron chi connectivity index (χ0n) is 10.2. The molecule has 0 saturated carbocycles. The van der Waals surface area contributed by atoms with E-state index in [2.05, 4.69) is 40.2 Å². The Kier molecular flexibility index (Phi) is 2.86. The van der Waals surface area contributed by atoms with Crippen LogP contribution in [0.4, 0.5) is 0 Å². The molecule has 1 aromatic carbocycles. The van der Waals surface area contributed by atoms with E-state index in [0.29, 0.717) is 5.92 Å². The number of aryl methyl sites for hydroxylation is 1. The fourth-order valence-electron chi connectivity index (χ4n) is 2.64. The lowest BCUT2D eigenvalue weighted by molar-refractivity contribution is 0.497. The number of nitrogens with zero attached hydrogens (tertiary/aromatic N) is 1. The van der Waals surface area contributed by atoms with Gasteiger partial charge in [0.05, 0.1) is 0 Å². The minimum Gasteiger partial charge on any atom is -0.314 e. The second-order valence-electron chi connectivity index (χ2n) is 4.90. The molecule has 0 bridgehead atoms. The van der Waals surface area contributed by atoms with Gasteiger partial charge < -0.3 is 4.57 Å². The summed E-state index contributed by atoms with van der Waals surface area (Å²) in [7, 11) is 0. The zero-order valence-corrected chi connectivity index (χ0v) is 11.8. The molecule has 0 amide bonds. The summed E-state index contributed by atoms with van der Waals surface area (Å²) in [6.45, 7) is 2.63. The molecular weight excluding hydrogens is 290 g/mol. The molecule has 18 heavy (non-hydrogen) atoms. The number of pyridine rings is 1. The predicted molar refractivity (Wildman–Crippen MR) is 76.0 cm³/mol. The Morgan fingerprint density at radius 3 is 2.94 bits per heavy atom. The van der Waals surface area contributed by atoms with Crippen LogP contribution in [0.3, 0.4) is 0 Å². The molecule has 92 valence electrons. The van der Waals surface area contributed by atoms with Gasteiger partial charge in [-0.25, -0.2) is 0 Å². The van der Waals surface area contributed by atoms with Crippen LogP contribution in [0, 0.1) is 6.92 Å². The van der Waals surface area contributed by atoms with E-state index < -0.39 is 0 Å². The van der Waals surface area contributed by atoms with Gasteiger partial charge in [-0.3, -0.25) is 4.79 Å². The van der Waals surface area contributed by atoms with E-state index >= 15 is 0 Å². The first-order chi connectivity index (χ1) is 8.65. The van der Waals surface area contributed by atoms with Gasteiger partial charge in [0.1, 0.15) is 0 Å². The third kappa shape index (κ3) is 1.93. The van der Waals surface area contributed by atoms with Gasteiger partial charge in [0.15, 0.2) is 0 Å². The zero-order chi connectivity index (χ0) is 12.7. The Labute approximate surface area is 114 Å². The molecule has 0 radical (unpaired) electrons. The van der Waals surface area contributed by atoms with E-state index in [1.807, 2.05) is 23.8 Å². The lowest BCUT2D eigenvalue weighted by atomic mass is 9.77. The Balaban J connectivity index is 1.90. The molecular formula is C15H14BrNO. The number of hydrogen-bond donors (Lipinski definition) is 0. The van der Waals surface area contributed by atoms with Crippen LogP contribution >= 0.6 is 15.9 Å². The molecule has 3 heteroatoms. The van der Waals surface area contributed by atoms with E-state index in [1.54, 1.807) is 0 Å². The fourth-order valence-corrected chi connectivity index (χ4v) is 3.23. The quantitative estimate of drug-likeness (QED) is 0.835. The average molecular weight is 304 g/mol. The summed E-state index contributed by atoms with van der Waals surface area (Å²) < 4.78 is 2.78. The van der Waals surface area contributed by atoms with Gasteiger partial charge in [0.2, 0.25) is 0 Å². The topological polar surface area (TPSA) is 22.0 Å². The first-order valence-electron chi connectivity index (χ1n) is 6.09. The van der Waals surface area contributed by atoms with Crippen molar-refractivity contribution in [3.8, 4) is 0 Å². The first kappa shape index (κ1) is 11.7. The van der Waals surface area contributed by atoms with Crippen molar-refractivity contribution in [1.29, 1.82) is 0 Å². The molecule has 2 aromatic rings. The molecule has 1 heterocycles. The maximum Gasteiger partial charge on any atom is 0.253 e. The van der Waals surface area contributed by atoms with Crippen LogP contribution in [0.15, 0.2) is 45.8 Å². The first-order valence-corrected chi connectivity index (χ1v) is 6.89. The summed E-state index contributed by atoms with van der Waals surface area (Å²) in [6.07, 6.45) is 2.96. The van der Waals surface area contributed by atoms with E-state index in [-0.39, 0.29) is 5.56 Å². The summed E-state index contributed by atoms with van der Waals surface area (Å²) >= 11 is 3.45. The Hall–Kier alpha value is -1.35. The molecule has 0 aliphatic heterocycles. The summed E-state index contributed by atoms with van der Waals surface area (Å²) in [5.41, 5.74) is 3.71. The summed E-state index contributed by atoms with van der Waals surface area (Å²) in [6, 6.07) is 10.3. The van der Waals surface area contributed by atoms with Crippen LogP contribution in [0.2, 0.25) is 0 Å². The number of halogens is 1. The maximum atomic E-state index is 12.1. The van der Waals surface area contributed by atoms with Crippen molar-refractivity contribution < 1.29 is 0 Å². The predicted octanol–water partition coefficient (Wildman–Crippen LogP) is 3.26. The number of rotatable bonds is 2. The number of hydrogen-bond acceptors (Lipinski definition) is 1. The van der Waals surface area contributed by atoms with Crippen molar-refractivity contribution in [2.24, 2.45) is 0 Å². The van der Waals surface area contributed by atoms with Crippen molar-refractivity contribution in [2.45, 2.75) is 25.8 Å². The molecule has 0 saturated heterocycles. The van der Waals surface area contributed by atoms with Crippen LogP contribution in [-0.2, 0) is 13.0 Å². The molecule has 0 N–H and O–H groups in total. The monoisotopic (exact) mass is 303 g/mol. The van der Waals surface area contributed by atoms with Crippen LogP contribution in [0.1, 0.15) is 22.6 Å². The highest BCUT2D eigenvalue weighted by atomic mass is 79.9. The highest BCUT2D eigenvalue weighted by Gasteiger charge is 2.25. The van der Waals surface area contributed by atoms with Gasteiger partial charge in [-0.05, 0) is 46.5 Å². The minimum absolute atomic E-state index is 0.114. The number of fused-ring (bicyclic) bond motifs is 1. The molecule has 0 fully saturated rings. The van der Waals surface area contributed by atoms with Gasteiger partial charge >= 0.3 is 0 Å². The molecule has 1 unspecified atom stereocenters. The highest BCUT2D eigenvalue weighted by molar-refractivity contribution is 9.10. The van der Waals surface area contributed by atoms with Crippen LogP contribution < -0.4 is 5.56 Å². The van der Waals surface area contributed by atoms with Crippen LogP contribution in [-0.4, -0.2) is 4.57 Å². The van der Waals surface area contributed by atoms with Gasteiger partial charge in [0.25, 0.3) is 5.56 Å². The Bertz CT molecular complexity index is 660. The average Bonchev–Trinajstić information content (AvgIpc) is 2.32. The van der Waals surface area contributed by atoms with Crippen LogP contribution in [0.5, 0.6) is 0 Å². The van der Waals surface area contributed by atoms with Crippen molar-refractivity contribution in [3.63, 3.8) is 0 Å². The Morgan fingerprint density at radius 1 is 1.39 bits per heavy atom. The molecule has 0 spiro atoms. The fraction of sp³-hybridized carbons (Fsp3) is 0.267. The van der Waals surface area contributed by atoms with E-state index in [4.69, 9.17) is 0 Å². The van der Waals surface area contributed by atoms with E-state index in [9.17, 15) is 4.79 Å². The van der Waals surface area contributed by atoms with Crippen molar-refractivity contribution in [1.82, 2.24) is 4.57 Å². The highest BCUT2D eigenvalue weighted by Crippen LogP contribution is 2.35. The smallest absolute Gasteiger partial charge is 0.253 e. The largest absolute Gasteiger partial charge is 0.314 e. The second-order valence-corrected chi connectivity index (χ2v) is 5.81. The minimum atomic E-state index is 0.114. The van der Waals surface area contributed by atoms with E-state index in [1.165, 1.54) is 11.1 Å². The van der Waals surface area contributed by atoms with Gasteiger partial charge in [-0.15, -0.1) is 0 Å². The summed E-state index contributed by atoms with van der Waals surface area (Å²) in [5, 5.41) is 0. The number of aromatic nitrogens is 1. The molecule has 2 nitrogen and oxygen atoms in total. The van der Waals surface area contributed by atoms with Crippen molar-refractivity contribution >= 4 is 15.9 Å². The normalized spacial score (nSPS) is 17.1. The summed E-state index contributed by atoms with van der Waals surface area (Å²) in [4.78, 5) is 12.1. The summed E-state index contributed by atoms with van der Waals surface area (Å²) in [5.74, 6) is 0.479. The third-order valence-electron chi connectivity index (χ3n) is 3.61. The standard InChI is InChI=1S/C15H14BrNO/c1-10-6-13(16)9-17(15(10)18)8-12-7-11-4-2-3-5-14(11)12/h2-6,9,12H,7-8H2,1H3. The van der Waals surface area contributed by atoms with Gasteiger partial charge in [-0.1, -0.05) is 24.3 Å². The van der Waals surface area contributed by atoms with Crippen LogP contribution in [0.25, 0.3) is 0 Å². The lowest BCUT2D eigenvalue weighted by Gasteiger charge is -2.30. The SMILES string of the molecule is Cc1cc(Br)cn(CC2Cc3ccccc32)c1=O. The molecule has 1 aromatic heterocycles. The van der Waals surface area contributed by atoms with Crippen molar-refractivity contribution in [2.75, 3.05) is 0 Å².